The van der Waals surface area contributed by atoms with Gasteiger partial charge in [-0.15, -0.1) is 0 Å². The Labute approximate surface area is 146 Å². The molecule has 1 amide bonds. The van der Waals surface area contributed by atoms with Crippen molar-refractivity contribution in [2.75, 3.05) is 11.9 Å². The minimum Gasteiger partial charge on any atom is -0.456 e. The number of nitrogens with zero attached hydrogens (tertiary/aromatic N) is 1. The molecule has 0 spiro atoms. The van der Waals surface area contributed by atoms with Crippen LogP contribution in [0.4, 0.5) is 20.2 Å². The molecule has 0 fully saturated rings. The molecule has 0 aliphatic carbocycles. The number of anilines is 1. The van der Waals surface area contributed by atoms with Gasteiger partial charge in [-0.1, -0.05) is 18.2 Å². The van der Waals surface area contributed by atoms with E-state index < -0.39 is 40.7 Å². The van der Waals surface area contributed by atoms with E-state index >= 15 is 0 Å². The average molecular weight is 364 g/mol. The Morgan fingerprint density at radius 3 is 2.54 bits per heavy atom. The molecule has 0 aromatic heterocycles. The molecule has 0 atom stereocenters. The van der Waals surface area contributed by atoms with Crippen molar-refractivity contribution in [3.8, 4) is 0 Å². The zero-order valence-electron chi connectivity index (χ0n) is 13.4. The zero-order valence-corrected chi connectivity index (χ0v) is 13.4. The van der Waals surface area contributed by atoms with E-state index in [0.29, 0.717) is 5.56 Å². The van der Waals surface area contributed by atoms with Gasteiger partial charge in [-0.25, -0.2) is 4.39 Å². The Balaban J connectivity index is 1.81. The molecule has 2 aromatic rings. The number of hydrogen-bond acceptors (Lipinski definition) is 5. The van der Waals surface area contributed by atoms with Crippen LogP contribution < -0.4 is 5.32 Å². The number of halogens is 2. The smallest absolute Gasteiger partial charge is 0.306 e. The van der Waals surface area contributed by atoms with Crippen molar-refractivity contribution >= 4 is 23.3 Å². The fraction of sp³-hybridized carbons (Fsp3) is 0.176. The third-order valence-electron chi connectivity index (χ3n) is 3.35. The molecule has 9 heteroatoms. The predicted octanol–water partition coefficient (Wildman–Crippen LogP) is 2.99. The number of hydrogen-bond donors (Lipinski definition) is 1. The first-order chi connectivity index (χ1) is 12.4. The molecule has 0 saturated heterocycles. The van der Waals surface area contributed by atoms with Crippen LogP contribution in [-0.4, -0.2) is 23.4 Å². The van der Waals surface area contributed by atoms with Crippen LogP contribution in [0.15, 0.2) is 42.5 Å². The van der Waals surface area contributed by atoms with Gasteiger partial charge in [0.2, 0.25) is 5.82 Å². The van der Waals surface area contributed by atoms with Gasteiger partial charge in [-0.3, -0.25) is 19.7 Å². The highest BCUT2D eigenvalue weighted by Crippen LogP contribution is 2.21. The summed E-state index contributed by atoms with van der Waals surface area (Å²) in [6, 6.07) is 8.81. The van der Waals surface area contributed by atoms with Gasteiger partial charge < -0.3 is 10.1 Å². The van der Waals surface area contributed by atoms with Crippen molar-refractivity contribution in [1.29, 1.82) is 0 Å². The molecule has 0 saturated carbocycles. The molecular weight excluding hydrogens is 350 g/mol. The fourth-order valence-electron chi connectivity index (χ4n) is 2.08. The van der Waals surface area contributed by atoms with Crippen LogP contribution in [0.2, 0.25) is 0 Å². The summed E-state index contributed by atoms with van der Waals surface area (Å²) in [7, 11) is 0. The summed E-state index contributed by atoms with van der Waals surface area (Å²) in [6.45, 7) is -0.624. The molecule has 0 bridgehead atoms. The van der Waals surface area contributed by atoms with Crippen LogP contribution in [0.1, 0.15) is 12.0 Å². The number of ether oxygens (including phenoxy) is 1. The van der Waals surface area contributed by atoms with Gasteiger partial charge in [0.15, 0.2) is 6.61 Å². The normalized spacial score (nSPS) is 10.2. The van der Waals surface area contributed by atoms with Crippen LogP contribution >= 0.6 is 0 Å². The maximum absolute atomic E-state index is 13.4. The highest BCUT2D eigenvalue weighted by atomic mass is 19.1. The van der Waals surface area contributed by atoms with Crippen molar-refractivity contribution in [2.45, 2.75) is 12.8 Å². The molecular formula is C17H14F2N2O5. The lowest BCUT2D eigenvalue weighted by molar-refractivity contribution is -0.387. The Morgan fingerprint density at radius 1 is 1.12 bits per heavy atom. The molecule has 2 aromatic carbocycles. The Bertz CT molecular complexity index is 842. The fourth-order valence-corrected chi connectivity index (χ4v) is 2.08. The monoisotopic (exact) mass is 364 g/mol. The number of nitro benzene ring substituents is 1. The van der Waals surface area contributed by atoms with E-state index in [9.17, 15) is 28.5 Å². The molecule has 0 heterocycles. The van der Waals surface area contributed by atoms with Crippen molar-refractivity contribution in [2.24, 2.45) is 0 Å². The van der Waals surface area contributed by atoms with Crippen LogP contribution in [0, 0.1) is 21.7 Å². The number of nitrogens with one attached hydrogen (secondary N) is 1. The topological polar surface area (TPSA) is 98.5 Å². The largest absolute Gasteiger partial charge is 0.456 e. The Morgan fingerprint density at radius 2 is 1.85 bits per heavy atom. The second-order valence-electron chi connectivity index (χ2n) is 5.22. The lowest BCUT2D eigenvalue weighted by Crippen LogP contribution is -2.21. The van der Waals surface area contributed by atoms with Crippen LogP contribution in [0.3, 0.4) is 0 Å². The first kappa shape index (κ1) is 19.0. The molecule has 0 radical (unpaired) electrons. The Kier molecular flexibility index (Phi) is 6.31. The second kappa shape index (κ2) is 8.65. The number of carbonyl (C=O) groups excluding carboxylic acids is 2. The summed E-state index contributed by atoms with van der Waals surface area (Å²) in [6.07, 6.45) is 0.00746. The maximum Gasteiger partial charge on any atom is 0.306 e. The number of aryl methyl sites for hydroxylation is 1. The first-order valence-corrected chi connectivity index (χ1v) is 7.49. The molecule has 0 aliphatic rings. The summed E-state index contributed by atoms with van der Waals surface area (Å²) in [5, 5.41) is 12.9. The van der Waals surface area contributed by atoms with E-state index in [1.807, 2.05) is 0 Å². The SMILES string of the molecule is O=C(COC(=O)CCc1ccccc1F)Nc1ccc(F)c([N+](=O)[O-])c1. The molecule has 7 nitrogen and oxygen atoms in total. The summed E-state index contributed by atoms with van der Waals surface area (Å²) >= 11 is 0. The molecule has 136 valence electrons. The van der Waals surface area contributed by atoms with Gasteiger partial charge in [0.1, 0.15) is 5.82 Å². The molecule has 26 heavy (non-hydrogen) atoms. The highest BCUT2D eigenvalue weighted by Gasteiger charge is 2.16. The van der Waals surface area contributed by atoms with E-state index in [-0.39, 0.29) is 18.5 Å². The minimum absolute atomic E-state index is 0.00879. The van der Waals surface area contributed by atoms with Crippen LogP contribution in [0.5, 0.6) is 0 Å². The predicted molar refractivity (Wildman–Crippen MR) is 87.4 cm³/mol. The summed E-state index contributed by atoms with van der Waals surface area (Å²) < 4.78 is 31.4. The zero-order chi connectivity index (χ0) is 19.1. The van der Waals surface area contributed by atoms with Crippen molar-refractivity contribution in [1.82, 2.24) is 0 Å². The van der Waals surface area contributed by atoms with Gasteiger partial charge >= 0.3 is 11.7 Å². The lowest BCUT2D eigenvalue weighted by atomic mass is 10.1. The third kappa shape index (κ3) is 5.33. The van der Waals surface area contributed by atoms with E-state index in [4.69, 9.17) is 4.74 Å². The van der Waals surface area contributed by atoms with Crippen LogP contribution in [0.25, 0.3) is 0 Å². The number of benzene rings is 2. The summed E-state index contributed by atoms with van der Waals surface area (Å²) in [5.41, 5.74) is -0.442. The quantitative estimate of drug-likeness (QED) is 0.463. The van der Waals surface area contributed by atoms with Gasteiger partial charge in [-0.05, 0) is 30.2 Å². The maximum atomic E-state index is 13.4. The van der Waals surface area contributed by atoms with E-state index in [2.05, 4.69) is 5.32 Å². The van der Waals surface area contributed by atoms with E-state index in [1.165, 1.54) is 18.2 Å². The van der Waals surface area contributed by atoms with Gasteiger partial charge in [0, 0.05) is 18.2 Å². The second-order valence-corrected chi connectivity index (χ2v) is 5.22. The number of rotatable bonds is 7. The Hall–Kier alpha value is -3.36. The van der Waals surface area contributed by atoms with E-state index in [1.54, 1.807) is 6.07 Å². The average Bonchev–Trinajstić information content (AvgIpc) is 2.60. The molecule has 2 rings (SSSR count). The standard InChI is InChI=1S/C17H14F2N2O5/c18-13-4-2-1-3-11(13)5-8-17(23)26-10-16(22)20-12-6-7-14(19)15(9-12)21(24)25/h1-4,6-7,9H,5,8,10H2,(H,20,22). The number of carbonyl (C=O) groups is 2. The summed E-state index contributed by atoms with van der Waals surface area (Å²) in [5.74, 6) is -2.91. The lowest BCUT2D eigenvalue weighted by Gasteiger charge is -2.07. The van der Waals surface area contributed by atoms with E-state index in [0.717, 1.165) is 18.2 Å². The minimum atomic E-state index is -1.03. The van der Waals surface area contributed by atoms with Crippen molar-refractivity contribution in [3.63, 3.8) is 0 Å². The highest BCUT2D eigenvalue weighted by molar-refractivity contribution is 5.93. The number of amides is 1. The summed E-state index contributed by atoms with van der Waals surface area (Å²) in [4.78, 5) is 33.0. The molecule has 0 aliphatic heterocycles. The number of nitro groups is 1. The first-order valence-electron chi connectivity index (χ1n) is 7.49. The van der Waals surface area contributed by atoms with Gasteiger partial charge in [-0.2, -0.15) is 4.39 Å². The molecule has 1 N–H and O–H groups in total. The van der Waals surface area contributed by atoms with Gasteiger partial charge in [0.25, 0.3) is 5.91 Å². The molecule has 0 unspecified atom stereocenters. The van der Waals surface area contributed by atoms with Gasteiger partial charge in [0.05, 0.1) is 4.92 Å². The van der Waals surface area contributed by atoms with Crippen LogP contribution in [-0.2, 0) is 20.7 Å². The van der Waals surface area contributed by atoms with Crippen molar-refractivity contribution in [3.05, 3.63) is 69.8 Å². The van der Waals surface area contributed by atoms with Crippen molar-refractivity contribution < 1.29 is 28.0 Å². The number of esters is 1. The third-order valence-corrected chi connectivity index (χ3v) is 3.35.